The highest BCUT2D eigenvalue weighted by Gasteiger charge is 2.14. The fraction of sp³-hybridized carbons (Fsp3) is 0.211. The van der Waals surface area contributed by atoms with Gasteiger partial charge in [0.25, 0.3) is 5.89 Å². The predicted molar refractivity (Wildman–Crippen MR) is 91.3 cm³/mol. The van der Waals surface area contributed by atoms with Gasteiger partial charge in [0.1, 0.15) is 5.75 Å². The van der Waals surface area contributed by atoms with Crippen LogP contribution < -0.4 is 4.74 Å². The molecule has 25 heavy (non-hydrogen) atoms. The molecule has 0 N–H and O–H groups in total. The van der Waals surface area contributed by atoms with Crippen molar-refractivity contribution in [2.45, 2.75) is 20.5 Å². The summed E-state index contributed by atoms with van der Waals surface area (Å²) in [7, 11) is 1.60. The third kappa shape index (κ3) is 3.85. The van der Waals surface area contributed by atoms with Crippen LogP contribution >= 0.6 is 0 Å². The number of aryl methyl sites for hydroxylation is 2. The van der Waals surface area contributed by atoms with Crippen LogP contribution in [0.4, 0.5) is 0 Å². The molecule has 2 aromatic carbocycles. The number of hydrogen-bond acceptors (Lipinski definition) is 6. The Morgan fingerprint density at radius 1 is 1.12 bits per heavy atom. The van der Waals surface area contributed by atoms with Crippen molar-refractivity contribution in [3.05, 3.63) is 65.0 Å². The van der Waals surface area contributed by atoms with Gasteiger partial charge in [-0.2, -0.15) is 4.98 Å². The zero-order valence-corrected chi connectivity index (χ0v) is 14.3. The quantitative estimate of drug-likeness (QED) is 0.660. The number of carbonyl (C=O) groups excluding carboxylic acids is 1. The molecule has 6 nitrogen and oxygen atoms in total. The average molecular weight is 338 g/mol. The maximum Gasteiger partial charge on any atom is 0.338 e. The van der Waals surface area contributed by atoms with Crippen LogP contribution in [0.25, 0.3) is 11.4 Å². The Hall–Kier alpha value is -3.15. The number of aromatic nitrogens is 2. The van der Waals surface area contributed by atoms with Gasteiger partial charge in [-0.25, -0.2) is 4.79 Å². The fourth-order valence-corrected chi connectivity index (χ4v) is 2.33. The molecule has 0 spiro atoms. The van der Waals surface area contributed by atoms with E-state index in [9.17, 15) is 4.79 Å². The highest BCUT2D eigenvalue weighted by Crippen LogP contribution is 2.20. The Morgan fingerprint density at radius 3 is 2.60 bits per heavy atom. The van der Waals surface area contributed by atoms with Crippen molar-refractivity contribution in [1.82, 2.24) is 10.1 Å². The minimum atomic E-state index is -0.412. The van der Waals surface area contributed by atoms with Crippen LogP contribution in [-0.2, 0) is 11.3 Å². The molecule has 3 rings (SSSR count). The molecule has 0 saturated carbocycles. The fourth-order valence-electron chi connectivity index (χ4n) is 2.33. The minimum Gasteiger partial charge on any atom is -0.497 e. The second-order valence-electron chi connectivity index (χ2n) is 5.63. The Kier molecular flexibility index (Phi) is 4.79. The molecule has 0 aliphatic rings. The molecular weight excluding hydrogens is 320 g/mol. The van der Waals surface area contributed by atoms with Gasteiger partial charge in [-0.05, 0) is 49.7 Å². The highest BCUT2D eigenvalue weighted by molar-refractivity contribution is 5.91. The molecule has 0 bridgehead atoms. The first-order valence-electron chi connectivity index (χ1n) is 7.78. The molecule has 0 saturated heterocycles. The number of esters is 1. The summed E-state index contributed by atoms with van der Waals surface area (Å²) >= 11 is 0. The number of carbonyl (C=O) groups is 1. The summed E-state index contributed by atoms with van der Waals surface area (Å²) < 4.78 is 15.5. The molecular formula is C19H18N2O4. The second kappa shape index (κ2) is 7.17. The molecule has 128 valence electrons. The van der Waals surface area contributed by atoms with Gasteiger partial charge in [-0.1, -0.05) is 22.9 Å². The van der Waals surface area contributed by atoms with Gasteiger partial charge in [0.15, 0.2) is 6.61 Å². The number of benzene rings is 2. The lowest BCUT2D eigenvalue weighted by atomic mass is 10.1. The zero-order valence-electron chi connectivity index (χ0n) is 14.3. The second-order valence-corrected chi connectivity index (χ2v) is 5.63. The predicted octanol–water partition coefficient (Wildman–Crippen LogP) is 3.72. The smallest absolute Gasteiger partial charge is 0.338 e. The van der Waals surface area contributed by atoms with E-state index in [0.29, 0.717) is 11.4 Å². The highest BCUT2D eigenvalue weighted by atomic mass is 16.6. The van der Waals surface area contributed by atoms with Crippen molar-refractivity contribution in [2.75, 3.05) is 7.11 Å². The van der Waals surface area contributed by atoms with E-state index in [1.165, 1.54) is 0 Å². The van der Waals surface area contributed by atoms with Crippen molar-refractivity contribution in [3.63, 3.8) is 0 Å². The van der Waals surface area contributed by atoms with Crippen molar-refractivity contribution in [3.8, 4) is 17.1 Å². The maximum atomic E-state index is 12.2. The minimum absolute atomic E-state index is 0.0740. The van der Waals surface area contributed by atoms with Gasteiger partial charge in [0.2, 0.25) is 5.82 Å². The molecule has 1 aromatic heterocycles. The van der Waals surface area contributed by atoms with Gasteiger partial charge in [0.05, 0.1) is 12.7 Å². The summed E-state index contributed by atoms with van der Waals surface area (Å²) in [6.07, 6.45) is 0. The first-order chi connectivity index (χ1) is 12.1. The first kappa shape index (κ1) is 16.7. The van der Waals surface area contributed by atoms with Crippen molar-refractivity contribution in [1.29, 1.82) is 0 Å². The topological polar surface area (TPSA) is 74.5 Å². The molecule has 0 fully saturated rings. The molecule has 0 aliphatic carbocycles. The Morgan fingerprint density at radius 2 is 1.88 bits per heavy atom. The summed E-state index contributed by atoms with van der Waals surface area (Å²) in [6.45, 7) is 3.72. The lowest BCUT2D eigenvalue weighted by Crippen LogP contribution is -2.07. The molecule has 0 aliphatic heterocycles. The third-order valence-corrected chi connectivity index (χ3v) is 3.76. The van der Waals surface area contributed by atoms with Crippen LogP contribution in [0.3, 0.4) is 0 Å². The molecule has 0 radical (unpaired) electrons. The van der Waals surface area contributed by atoms with E-state index in [4.69, 9.17) is 14.0 Å². The number of rotatable bonds is 5. The number of nitrogens with zero attached hydrogens (tertiary/aromatic N) is 2. The number of hydrogen-bond donors (Lipinski definition) is 0. The Labute approximate surface area is 145 Å². The van der Waals surface area contributed by atoms with E-state index in [1.807, 2.05) is 50.2 Å². The van der Waals surface area contributed by atoms with Gasteiger partial charge < -0.3 is 14.0 Å². The van der Waals surface area contributed by atoms with E-state index >= 15 is 0 Å². The summed E-state index contributed by atoms with van der Waals surface area (Å²) in [4.78, 5) is 16.5. The lowest BCUT2D eigenvalue weighted by Gasteiger charge is -2.06. The zero-order chi connectivity index (χ0) is 17.8. The van der Waals surface area contributed by atoms with Crippen LogP contribution in [0.1, 0.15) is 27.4 Å². The van der Waals surface area contributed by atoms with E-state index in [2.05, 4.69) is 10.1 Å². The molecule has 3 aromatic rings. The SMILES string of the molecule is COc1ccc(-c2noc(COC(=O)c3cc(C)ccc3C)n2)cc1. The molecule has 0 amide bonds. The van der Waals surface area contributed by atoms with Crippen molar-refractivity contribution in [2.24, 2.45) is 0 Å². The Bertz CT molecular complexity index is 885. The first-order valence-corrected chi connectivity index (χ1v) is 7.78. The van der Waals surface area contributed by atoms with Crippen LogP contribution in [-0.4, -0.2) is 23.2 Å². The van der Waals surface area contributed by atoms with E-state index in [0.717, 1.165) is 22.4 Å². The van der Waals surface area contributed by atoms with E-state index in [-0.39, 0.29) is 12.5 Å². The molecule has 1 heterocycles. The third-order valence-electron chi connectivity index (χ3n) is 3.76. The van der Waals surface area contributed by atoms with Crippen molar-refractivity contribution < 1.29 is 18.8 Å². The van der Waals surface area contributed by atoms with Gasteiger partial charge in [-0.15, -0.1) is 0 Å². The van der Waals surface area contributed by atoms with Gasteiger partial charge in [0, 0.05) is 5.56 Å². The summed E-state index contributed by atoms with van der Waals surface area (Å²) in [5.74, 6) is 1.00. The number of ether oxygens (including phenoxy) is 2. The number of methoxy groups -OCH3 is 1. The van der Waals surface area contributed by atoms with Crippen LogP contribution in [0.15, 0.2) is 47.0 Å². The lowest BCUT2D eigenvalue weighted by molar-refractivity contribution is 0.0429. The molecule has 6 heteroatoms. The maximum absolute atomic E-state index is 12.2. The summed E-state index contributed by atoms with van der Waals surface area (Å²) in [6, 6.07) is 12.9. The largest absolute Gasteiger partial charge is 0.497 e. The normalized spacial score (nSPS) is 10.5. The van der Waals surface area contributed by atoms with Crippen LogP contribution in [0.5, 0.6) is 5.75 Å². The van der Waals surface area contributed by atoms with Crippen LogP contribution in [0.2, 0.25) is 0 Å². The summed E-state index contributed by atoms with van der Waals surface area (Å²) in [5.41, 5.74) is 3.18. The average Bonchev–Trinajstić information content (AvgIpc) is 3.11. The Balaban J connectivity index is 1.67. The van der Waals surface area contributed by atoms with E-state index in [1.54, 1.807) is 13.2 Å². The molecule has 0 atom stereocenters. The monoisotopic (exact) mass is 338 g/mol. The van der Waals surface area contributed by atoms with Gasteiger partial charge >= 0.3 is 5.97 Å². The van der Waals surface area contributed by atoms with E-state index < -0.39 is 5.97 Å². The standard InChI is InChI=1S/C19H18N2O4/c1-12-4-5-13(2)16(10-12)19(22)24-11-17-20-18(21-25-17)14-6-8-15(23-3)9-7-14/h4-10H,11H2,1-3H3. The van der Waals surface area contributed by atoms with Crippen molar-refractivity contribution >= 4 is 5.97 Å². The van der Waals surface area contributed by atoms with Crippen LogP contribution in [0, 0.1) is 13.8 Å². The van der Waals surface area contributed by atoms with Gasteiger partial charge in [-0.3, -0.25) is 0 Å². The summed E-state index contributed by atoms with van der Waals surface area (Å²) in [5, 5.41) is 3.91. The molecule has 0 unspecified atom stereocenters.